The zero-order chi connectivity index (χ0) is 18.3. The van der Waals surface area contributed by atoms with E-state index in [0.29, 0.717) is 5.56 Å². The minimum absolute atomic E-state index is 0.0628. The molecule has 1 amide bonds. The Morgan fingerprint density at radius 1 is 1.31 bits per heavy atom. The zero-order valence-corrected chi connectivity index (χ0v) is 15.5. The van der Waals surface area contributed by atoms with E-state index in [9.17, 15) is 9.90 Å². The van der Waals surface area contributed by atoms with Crippen molar-refractivity contribution >= 4 is 5.91 Å². The second-order valence-corrected chi connectivity index (χ2v) is 8.15. The highest BCUT2D eigenvalue weighted by atomic mass is 16.3. The van der Waals surface area contributed by atoms with Crippen LogP contribution in [0.5, 0.6) is 0 Å². The van der Waals surface area contributed by atoms with Crippen molar-refractivity contribution in [2.45, 2.75) is 57.7 Å². The SMILES string of the molecule is CC(C)n1cc(C(=O)N2[C@H]3CC[C@@H]2[C@@](CO)(Cc2ccccc2)C3)cn1. The van der Waals surface area contributed by atoms with E-state index in [1.54, 1.807) is 6.20 Å². The van der Waals surface area contributed by atoms with Gasteiger partial charge in [0.15, 0.2) is 0 Å². The van der Waals surface area contributed by atoms with Gasteiger partial charge >= 0.3 is 0 Å². The van der Waals surface area contributed by atoms with E-state index >= 15 is 0 Å². The molecule has 1 N–H and O–H groups in total. The molecule has 2 aromatic rings. The van der Waals surface area contributed by atoms with E-state index in [2.05, 4.69) is 31.1 Å². The van der Waals surface area contributed by atoms with E-state index in [1.807, 2.05) is 34.0 Å². The molecule has 0 radical (unpaired) electrons. The molecule has 4 rings (SSSR count). The van der Waals surface area contributed by atoms with Crippen LogP contribution in [0.1, 0.15) is 55.1 Å². The number of aliphatic hydroxyl groups excluding tert-OH is 1. The number of hydrogen-bond donors (Lipinski definition) is 1. The number of aromatic nitrogens is 2. The fraction of sp³-hybridized carbons (Fsp3) is 0.524. The van der Waals surface area contributed by atoms with Gasteiger partial charge < -0.3 is 10.0 Å². The van der Waals surface area contributed by atoms with Crippen molar-refractivity contribution in [3.05, 3.63) is 53.9 Å². The molecule has 0 spiro atoms. The minimum atomic E-state index is -0.228. The third-order valence-electron chi connectivity index (χ3n) is 6.18. The second-order valence-electron chi connectivity index (χ2n) is 8.15. The quantitative estimate of drug-likeness (QED) is 0.899. The summed E-state index contributed by atoms with van der Waals surface area (Å²) < 4.78 is 1.83. The molecule has 1 aromatic heterocycles. The number of aliphatic hydroxyl groups is 1. The standard InChI is InChI=1S/C21H27N3O2/c1-15(2)23-13-17(12-22-23)20(26)24-18-8-9-19(24)21(11-18,14-25)10-16-6-4-3-5-7-16/h3-7,12-13,15,18-19,25H,8-11,14H2,1-2H3/t18-,19+,21-/m0/s1. The van der Waals surface area contributed by atoms with Gasteiger partial charge in [-0.15, -0.1) is 0 Å². The number of benzene rings is 1. The van der Waals surface area contributed by atoms with E-state index in [4.69, 9.17) is 0 Å². The smallest absolute Gasteiger partial charge is 0.257 e. The number of carbonyl (C=O) groups excluding carboxylic acids is 1. The molecule has 2 saturated heterocycles. The van der Waals surface area contributed by atoms with Gasteiger partial charge in [0.25, 0.3) is 5.91 Å². The fourth-order valence-electron chi connectivity index (χ4n) is 4.90. The van der Waals surface area contributed by atoms with Crippen LogP contribution in [0.25, 0.3) is 0 Å². The van der Waals surface area contributed by atoms with Crippen molar-refractivity contribution < 1.29 is 9.90 Å². The lowest BCUT2D eigenvalue weighted by atomic mass is 9.70. The third kappa shape index (κ3) is 2.75. The van der Waals surface area contributed by atoms with E-state index < -0.39 is 0 Å². The van der Waals surface area contributed by atoms with Crippen LogP contribution < -0.4 is 0 Å². The first-order chi connectivity index (χ1) is 12.5. The summed E-state index contributed by atoms with van der Waals surface area (Å²) >= 11 is 0. The summed E-state index contributed by atoms with van der Waals surface area (Å²) in [5.41, 5.74) is 1.66. The van der Waals surface area contributed by atoms with Gasteiger partial charge in [-0.1, -0.05) is 30.3 Å². The van der Waals surface area contributed by atoms with Crippen LogP contribution in [0, 0.1) is 5.41 Å². The van der Waals surface area contributed by atoms with Crippen molar-refractivity contribution in [3.8, 4) is 0 Å². The van der Waals surface area contributed by atoms with Gasteiger partial charge in [-0.3, -0.25) is 9.48 Å². The van der Waals surface area contributed by atoms with Gasteiger partial charge in [0.2, 0.25) is 0 Å². The number of fused-ring (bicyclic) bond motifs is 2. The molecule has 138 valence electrons. The topological polar surface area (TPSA) is 58.4 Å². The summed E-state index contributed by atoms with van der Waals surface area (Å²) in [5, 5.41) is 14.6. The van der Waals surface area contributed by atoms with Crippen LogP contribution in [0.2, 0.25) is 0 Å². The number of amides is 1. The summed E-state index contributed by atoms with van der Waals surface area (Å²) in [6.07, 6.45) is 7.24. The first-order valence-electron chi connectivity index (χ1n) is 9.56. The first kappa shape index (κ1) is 17.3. The zero-order valence-electron chi connectivity index (χ0n) is 15.5. The second kappa shape index (κ2) is 6.54. The highest BCUT2D eigenvalue weighted by molar-refractivity contribution is 5.94. The highest BCUT2D eigenvalue weighted by Crippen LogP contribution is 2.51. The van der Waals surface area contributed by atoms with Crippen LogP contribution in [0.15, 0.2) is 42.7 Å². The largest absolute Gasteiger partial charge is 0.396 e. The summed E-state index contributed by atoms with van der Waals surface area (Å²) in [6, 6.07) is 10.9. The van der Waals surface area contributed by atoms with Crippen LogP contribution in [0.3, 0.4) is 0 Å². The maximum absolute atomic E-state index is 13.2. The molecule has 5 heteroatoms. The predicted octanol–water partition coefficient (Wildman–Crippen LogP) is 3.06. The molecular formula is C21H27N3O2. The third-order valence-corrected chi connectivity index (χ3v) is 6.18. The Labute approximate surface area is 154 Å². The van der Waals surface area contributed by atoms with Gasteiger partial charge in [-0.2, -0.15) is 5.10 Å². The van der Waals surface area contributed by atoms with Crippen LogP contribution >= 0.6 is 0 Å². The minimum Gasteiger partial charge on any atom is -0.396 e. The van der Waals surface area contributed by atoms with Gasteiger partial charge in [-0.25, -0.2) is 0 Å². The Morgan fingerprint density at radius 3 is 2.73 bits per heavy atom. The van der Waals surface area contributed by atoms with Gasteiger partial charge in [0, 0.05) is 29.7 Å². The van der Waals surface area contributed by atoms with Gasteiger partial charge in [0.05, 0.1) is 18.4 Å². The van der Waals surface area contributed by atoms with E-state index in [0.717, 1.165) is 25.7 Å². The molecule has 2 fully saturated rings. The first-order valence-corrected chi connectivity index (χ1v) is 9.56. The Kier molecular flexibility index (Phi) is 4.35. The van der Waals surface area contributed by atoms with Crippen molar-refractivity contribution in [1.29, 1.82) is 0 Å². The normalized spacial score (nSPS) is 27.5. The number of hydrogen-bond acceptors (Lipinski definition) is 3. The van der Waals surface area contributed by atoms with Crippen molar-refractivity contribution in [2.24, 2.45) is 5.41 Å². The lowest BCUT2D eigenvalue weighted by Gasteiger charge is -2.36. The molecule has 26 heavy (non-hydrogen) atoms. The lowest BCUT2D eigenvalue weighted by Crippen LogP contribution is -2.43. The van der Waals surface area contributed by atoms with E-state index in [1.165, 1.54) is 5.56 Å². The Hall–Kier alpha value is -2.14. The molecule has 2 aliphatic heterocycles. The van der Waals surface area contributed by atoms with Crippen molar-refractivity contribution in [1.82, 2.24) is 14.7 Å². The van der Waals surface area contributed by atoms with Crippen molar-refractivity contribution in [3.63, 3.8) is 0 Å². The van der Waals surface area contributed by atoms with Crippen LogP contribution in [0.4, 0.5) is 0 Å². The molecule has 0 aliphatic carbocycles. The summed E-state index contributed by atoms with van der Waals surface area (Å²) in [7, 11) is 0. The summed E-state index contributed by atoms with van der Waals surface area (Å²) in [6.45, 7) is 4.23. The molecule has 3 heterocycles. The average Bonchev–Trinajstić information content (AvgIpc) is 3.35. The monoisotopic (exact) mass is 353 g/mol. The molecule has 0 saturated carbocycles. The van der Waals surface area contributed by atoms with Gasteiger partial charge in [0.1, 0.15) is 0 Å². The maximum Gasteiger partial charge on any atom is 0.257 e. The molecule has 2 bridgehead atoms. The molecule has 1 aromatic carbocycles. The average molecular weight is 353 g/mol. The molecule has 2 aliphatic rings. The number of carbonyl (C=O) groups is 1. The van der Waals surface area contributed by atoms with Crippen molar-refractivity contribution in [2.75, 3.05) is 6.61 Å². The van der Waals surface area contributed by atoms with Crippen LogP contribution in [-0.2, 0) is 6.42 Å². The summed E-state index contributed by atoms with van der Waals surface area (Å²) in [5.74, 6) is 0.0628. The predicted molar refractivity (Wildman–Crippen MR) is 99.9 cm³/mol. The Morgan fingerprint density at radius 2 is 2.08 bits per heavy atom. The fourth-order valence-corrected chi connectivity index (χ4v) is 4.90. The summed E-state index contributed by atoms with van der Waals surface area (Å²) in [4.78, 5) is 15.2. The molecule has 5 nitrogen and oxygen atoms in total. The highest BCUT2D eigenvalue weighted by Gasteiger charge is 2.57. The maximum atomic E-state index is 13.2. The number of rotatable bonds is 5. The van der Waals surface area contributed by atoms with Crippen LogP contribution in [-0.4, -0.2) is 44.4 Å². The number of nitrogens with zero attached hydrogens (tertiary/aromatic N) is 3. The molecule has 3 atom stereocenters. The molecular weight excluding hydrogens is 326 g/mol. The Bertz CT molecular complexity index is 786. The van der Waals surface area contributed by atoms with Gasteiger partial charge in [-0.05, 0) is 45.1 Å². The molecule has 0 unspecified atom stereocenters. The van der Waals surface area contributed by atoms with E-state index in [-0.39, 0.29) is 36.1 Å². The Balaban J connectivity index is 1.59. The lowest BCUT2D eigenvalue weighted by molar-refractivity contribution is 0.0571.